The lowest BCUT2D eigenvalue weighted by Gasteiger charge is -2.38. The van der Waals surface area contributed by atoms with E-state index in [1.54, 1.807) is 6.20 Å². The van der Waals surface area contributed by atoms with E-state index in [0.29, 0.717) is 11.7 Å². The Morgan fingerprint density at radius 3 is 2.45 bits per heavy atom. The van der Waals surface area contributed by atoms with E-state index in [9.17, 15) is 0 Å². The molecule has 0 radical (unpaired) electrons. The van der Waals surface area contributed by atoms with Crippen molar-refractivity contribution in [2.45, 2.75) is 39.3 Å². The van der Waals surface area contributed by atoms with Crippen molar-refractivity contribution in [2.24, 2.45) is 0 Å². The number of aryl methyl sites for hydroxylation is 1. The zero-order valence-corrected chi connectivity index (χ0v) is 24.1. The third kappa shape index (κ3) is 5.05. The number of hydrogen-bond acceptors (Lipinski definition) is 6. The van der Waals surface area contributed by atoms with Gasteiger partial charge in [-0.2, -0.15) is 5.10 Å². The fraction of sp³-hybridized carbons (Fsp3) is 0.235. The van der Waals surface area contributed by atoms with Crippen molar-refractivity contribution in [1.29, 1.82) is 0 Å². The summed E-state index contributed by atoms with van der Waals surface area (Å²) in [5.41, 5.74) is 8.56. The van der Waals surface area contributed by atoms with Gasteiger partial charge in [-0.15, -0.1) is 0 Å². The molecule has 8 nitrogen and oxygen atoms in total. The predicted octanol–water partition coefficient (Wildman–Crippen LogP) is 6.58. The number of H-pyrrole nitrogens is 1. The normalized spacial score (nSPS) is 14.0. The van der Waals surface area contributed by atoms with Gasteiger partial charge in [0.1, 0.15) is 23.0 Å². The molecule has 1 aliphatic heterocycles. The minimum atomic E-state index is 0.273. The molecule has 6 aromatic rings. The second-order valence-electron chi connectivity index (χ2n) is 11.4. The van der Waals surface area contributed by atoms with Crippen LogP contribution in [0.1, 0.15) is 36.7 Å². The monoisotopic (exact) mass is 554 g/mol. The third-order valence-corrected chi connectivity index (χ3v) is 7.74. The van der Waals surface area contributed by atoms with Gasteiger partial charge >= 0.3 is 0 Å². The Morgan fingerprint density at radius 2 is 1.71 bits per heavy atom. The number of nitrogens with one attached hydrogen (secondary N) is 2. The molecule has 0 bridgehead atoms. The molecule has 1 fully saturated rings. The smallest absolute Gasteiger partial charge is 0.199 e. The van der Waals surface area contributed by atoms with E-state index >= 15 is 0 Å². The van der Waals surface area contributed by atoms with Gasteiger partial charge in [-0.3, -0.25) is 19.4 Å². The van der Waals surface area contributed by atoms with Gasteiger partial charge in [0.15, 0.2) is 5.82 Å². The zero-order valence-electron chi connectivity index (χ0n) is 24.1. The average molecular weight is 555 g/mol. The van der Waals surface area contributed by atoms with E-state index in [2.05, 4.69) is 117 Å². The van der Waals surface area contributed by atoms with Crippen molar-refractivity contribution >= 4 is 11.5 Å². The largest absolute Gasteiger partial charge is 0.368 e. The van der Waals surface area contributed by atoms with Gasteiger partial charge in [-0.05, 0) is 55.7 Å². The number of benzene rings is 2. The molecule has 0 amide bonds. The molecular weight excluding hydrogens is 520 g/mol. The number of fused-ring (bicyclic) bond motifs is 1. The Bertz CT molecular complexity index is 1820. The molecule has 210 valence electrons. The summed E-state index contributed by atoms with van der Waals surface area (Å²) >= 11 is 0. The number of likely N-dealkylation sites (tertiary alicyclic amines) is 1. The van der Waals surface area contributed by atoms with Gasteiger partial charge in [-0.1, -0.05) is 60.7 Å². The van der Waals surface area contributed by atoms with Crippen LogP contribution in [-0.4, -0.2) is 53.6 Å². The summed E-state index contributed by atoms with van der Waals surface area (Å²) in [6, 6.07) is 27.6. The van der Waals surface area contributed by atoms with Crippen LogP contribution in [0.15, 0.2) is 91.3 Å². The number of rotatable bonds is 8. The minimum absolute atomic E-state index is 0.273. The summed E-state index contributed by atoms with van der Waals surface area (Å²) in [5.74, 6) is 3.02. The first-order valence-corrected chi connectivity index (χ1v) is 14.5. The first-order valence-electron chi connectivity index (χ1n) is 14.5. The molecule has 0 atom stereocenters. The van der Waals surface area contributed by atoms with Crippen LogP contribution in [0.4, 0.5) is 5.82 Å². The summed E-state index contributed by atoms with van der Waals surface area (Å²) in [4.78, 5) is 16.7. The van der Waals surface area contributed by atoms with Crippen molar-refractivity contribution in [3.63, 3.8) is 0 Å². The molecule has 5 heterocycles. The molecule has 42 heavy (non-hydrogen) atoms. The first-order chi connectivity index (χ1) is 20.5. The summed E-state index contributed by atoms with van der Waals surface area (Å²) in [5, 5.41) is 11.2. The molecule has 0 saturated carbocycles. The van der Waals surface area contributed by atoms with Gasteiger partial charge < -0.3 is 5.32 Å². The van der Waals surface area contributed by atoms with E-state index in [1.165, 1.54) is 11.1 Å². The molecule has 4 aromatic heterocycles. The van der Waals surface area contributed by atoms with Gasteiger partial charge in [0.2, 0.25) is 0 Å². The summed E-state index contributed by atoms with van der Waals surface area (Å²) < 4.78 is 2.18. The maximum atomic E-state index is 5.19. The second kappa shape index (κ2) is 10.9. The highest BCUT2D eigenvalue weighted by atomic mass is 15.3. The highest BCUT2D eigenvalue weighted by molar-refractivity contribution is 5.90. The van der Waals surface area contributed by atoms with E-state index in [1.807, 2.05) is 18.2 Å². The highest BCUT2D eigenvalue weighted by Gasteiger charge is 2.31. The second-order valence-corrected chi connectivity index (χ2v) is 11.4. The molecule has 1 aliphatic rings. The lowest BCUT2D eigenvalue weighted by Crippen LogP contribution is -2.44. The summed E-state index contributed by atoms with van der Waals surface area (Å²) in [7, 11) is 0. The fourth-order valence-electron chi connectivity index (χ4n) is 5.72. The van der Waals surface area contributed by atoms with Crippen LogP contribution in [0.3, 0.4) is 0 Å². The zero-order chi connectivity index (χ0) is 28.6. The van der Waals surface area contributed by atoms with Crippen LogP contribution in [0.2, 0.25) is 0 Å². The van der Waals surface area contributed by atoms with Crippen LogP contribution < -0.4 is 5.32 Å². The highest BCUT2D eigenvalue weighted by Crippen LogP contribution is 2.38. The standard InChI is InChI=1S/C34H34N8/c1-22(2)36-34-30(25-9-5-4-6-10-25)31(37-29-17-23(3)18-42(29)34)26-14-12-24(13-15-26)19-41-20-27(21-41)32-38-33(40-39-32)28-11-7-8-16-35-28/h4-18,22,27,36H,19-21H2,1-3H3,(H,38,39,40). The molecule has 2 N–H and O–H groups in total. The Morgan fingerprint density at radius 1 is 0.929 bits per heavy atom. The number of pyridine rings is 1. The number of hydrogen-bond donors (Lipinski definition) is 2. The molecule has 0 aliphatic carbocycles. The Balaban J connectivity index is 1.12. The Kier molecular flexibility index (Phi) is 6.76. The van der Waals surface area contributed by atoms with Crippen LogP contribution in [0, 0.1) is 6.92 Å². The maximum Gasteiger partial charge on any atom is 0.199 e. The van der Waals surface area contributed by atoms with Gasteiger partial charge in [0.25, 0.3) is 0 Å². The molecule has 0 spiro atoms. The number of aromatic amines is 1. The number of anilines is 1. The molecule has 1 saturated heterocycles. The van der Waals surface area contributed by atoms with E-state index < -0.39 is 0 Å². The van der Waals surface area contributed by atoms with Crippen LogP contribution in [-0.2, 0) is 6.54 Å². The molecule has 8 heteroatoms. The van der Waals surface area contributed by atoms with Crippen molar-refractivity contribution in [3.05, 3.63) is 108 Å². The molecule has 7 rings (SSSR count). The lowest BCUT2D eigenvalue weighted by atomic mass is 9.96. The molecule has 0 unspecified atom stereocenters. The topological polar surface area (TPSA) is 87.0 Å². The van der Waals surface area contributed by atoms with Crippen molar-refractivity contribution in [2.75, 3.05) is 18.4 Å². The predicted molar refractivity (Wildman–Crippen MR) is 167 cm³/mol. The molecule has 2 aromatic carbocycles. The minimum Gasteiger partial charge on any atom is -0.368 e. The van der Waals surface area contributed by atoms with Gasteiger partial charge in [0, 0.05) is 55.1 Å². The van der Waals surface area contributed by atoms with Crippen LogP contribution in [0.5, 0.6) is 0 Å². The summed E-state index contributed by atoms with van der Waals surface area (Å²) in [6.07, 6.45) is 3.92. The lowest BCUT2D eigenvalue weighted by molar-refractivity contribution is 0.135. The van der Waals surface area contributed by atoms with E-state index in [-0.39, 0.29) is 6.04 Å². The number of aromatic nitrogens is 6. The Hall–Kier alpha value is -4.82. The molecular formula is C34H34N8. The van der Waals surface area contributed by atoms with Crippen LogP contribution >= 0.6 is 0 Å². The Labute approximate surface area is 245 Å². The summed E-state index contributed by atoms with van der Waals surface area (Å²) in [6.45, 7) is 9.27. The van der Waals surface area contributed by atoms with Crippen molar-refractivity contribution < 1.29 is 0 Å². The van der Waals surface area contributed by atoms with E-state index in [4.69, 9.17) is 9.97 Å². The van der Waals surface area contributed by atoms with E-state index in [0.717, 1.165) is 65.0 Å². The fourth-order valence-corrected chi connectivity index (χ4v) is 5.72. The first kappa shape index (κ1) is 26.1. The average Bonchev–Trinajstić information content (AvgIpc) is 3.62. The maximum absolute atomic E-state index is 5.19. The third-order valence-electron chi connectivity index (χ3n) is 7.74. The van der Waals surface area contributed by atoms with Crippen molar-refractivity contribution in [1.82, 2.24) is 34.4 Å². The van der Waals surface area contributed by atoms with Gasteiger partial charge in [-0.25, -0.2) is 9.97 Å². The SMILES string of the molecule is Cc1cc2nc(-c3ccc(CN4CC(c5nc(-c6ccccn6)n[nH]5)C4)cc3)c(-c3ccccc3)c(NC(C)C)n2c1. The number of nitrogens with zero attached hydrogens (tertiary/aromatic N) is 6. The van der Waals surface area contributed by atoms with Gasteiger partial charge in [0.05, 0.1) is 5.69 Å². The van der Waals surface area contributed by atoms with Crippen LogP contribution in [0.25, 0.3) is 39.5 Å². The van der Waals surface area contributed by atoms with Crippen molar-refractivity contribution in [3.8, 4) is 33.9 Å². The quantitative estimate of drug-likeness (QED) is 0.221.